The van der Waals surface area contributed by atoms with Crippen molar-refractivity contribution in [2.75, 3.05) is 56.6 Å². The molecule has 1 unspecified atom stereocenters. The van der Waals surface area contributed by atoms with Gasteiger partial charge in [-0.2, -0.15) is 0 Å². The minimum atomic E-state index is -4.65. The monoisotopic (exact) mass is 1080 g/mol. The molecular formula is C60H71FN8O8S. The van der Waals surface area contributed by atoms with E-state index in [2.05, 4.69) is 91.0 Å². The molecule has 11 rings (SSSR count). The number of methoxy groups -OCH3 is 1. The van der Waals surface area contributed by atoms with Gasteiger partial charge in [0.15, 0.2) is 0 Å². The van der Waals surface area contributed by atoms with E-state index in [1.165, 1.54) is 71.8 Å². The van der Waals surface area contributed by atoms with E-state index in [1.807, 2.05) is 0 Å². The summed E-state index contributed by atoms with van der Waals surface area (Å²) in [6.45, 7) is 12.1. The maximum atomic E-state index is 14.8. The first-order valence-electron chi connectivity index (χ1n) is 27.7. The molecule has 2 aliphatic heterocycles. The molecule has 1 atom stereocenters. The number of fused-ring (bicyclic) bond motifs is 1. The molecule has 5 fully saturated rings. The Morgan fingerprint density at radius 2 is 1.71 bits per heavy atom. The number of carbonyl (C=O) groups excluding carboxylic acids is 1. The van der Waals surface area contributed by atoms with Crippen molar-refractivity contribution in [2.45, 2.75) is 126 Å². The number of piperazine rings is 1. The number of aliphatic hydroxyl groups is 1. The first-order valence-corrected chi connectivity index (χ1v) is 29.2. The smallest absolute Gasteiger partial charge is 0.293 e. The molecule has 16 nitrogen and oxygen atoms in total. The van der Waals surface area contributed by atoms with Gasteiger partial charge in [0.25, 0.3) is 21.6 Å². The van der Waals surface area contributed by atoms with E-state index in [9.17, 15) is 32.8 Å². The van der Waals surface area contributed by atoms with E-state index in [-0.39, 0.29) is 45.5 Å². The molecule has 18 heteroatoms. The Bertz CT molecular complexity index is 3320. The summed E-state index contributed by atoms with van der Waals surface area (Å²) in [5.74, 6) is 0.812. The highest BCUT2D eigenvalue weighted by Gasteiger charge is 2.50. The molecule has 412 valence electrons. The minimum absolute atomic E-state index is 0.0253. The van der Waals surface area contributed by atoms with Gasteiger partial charge < -0.3 is 29.8 Å². The van der Waals surface area contributed by atoms with E-state index in [1.54, 1.807) is 26.2 Å². The van der Waals surface area contributed by atoms with Crippen molar-refractivity contribution in [3.05, 3.63) is 141 Å². The van der Waals surface area contributed by atoms with Crippen molar-refractivity contribution in [2.24, 2.45) is 11.3 Å². The second-order valence-electron chi connectivity index (χ2n) is 23.4. The summed E-state index contributed by atoms with van der Waals surface area (Å²) >= 11 is 0. The third-order valence-electron chi connectivity index (χ3n) is 17.6. The summed E-state index contributed by atoms with van der Waals surface area (Å²) in [5.41, 5.74) is 5.56. The second-order valence-corrected chi connectivity index (χ2v) is 25.0. The number of H-pyrrole nitrogens is 1. The normalized spacial score (nSPS) is 22.1. The third-order valence-corrected chi connectivity index (χ3v) is 18.9. The van der Waals surface area contributed by atoms with Gasteiger partial charge in [-0.1, -0.05) is 50.2 Å². The second kappa shape index (κ2) is 21.6. The van der Waals surface area contributed by atoms with E-state index < -0.39 is 42.9 Å². The minimum Gasteiger partial charge on any atom is -0.496 e. The van der Waals surface area contributed by atoms with Gasteiger partial charge in [0.05, 0.1) is 39.7 Å². The lowest BCUT2D eigenvalue weighted by molar-refractivity contribution is -0.384. The Hall–Kier alpha value is -6.60. The zero-order valence-electron chi connectivity index (χ0n) is 45.0. The zero-order valence-corrected chi connectivity index (χ0v) is 45.8. The number of pyridine rings is 1. The van der Waals surface area contributed by atoms with Crippen LogP contribution in [0.5, 0.6) is 17.2 Å². The Morgan fingerprint density at radius 1 is 0.936 bits per heavy atom. The van der Waals surface area contributed by atoms with Gasteiger partial charge in [0.1, 0.15) is 34.4 Å². The Morgan fingerprint density at radius 3 is 2.44 bits per heavy atom. The summed E-state index contributed by atoms with van der Waals surface area (Å²) < 4.78 is 56.8. The number of nitrogens with one attached hydrogen (secondary N) is 3. The molecule has 1 spiro atoms. The summed E-state index contributed by atoms with van der Waals surface area (Å²) in [6, 6.07) is 26.5. The fraction of sp³-hybridized carbons (Fsp3) is 0.467. The van der Waals surface area contributed by atoms with Gasteiger partial charge in [0.2, 0.25) is 0 Å². The number of piperidine rings is 1. The lowest BCUT2D eigenvalue weighted by Crippen LogP contribution is -2.60. The number of anilines is 2. The fourth-order valence-corrected chi connectivity index (χ4v) is 13.8. The van der Waals surface area contributed by atoms with Crippen LogP contribution in [-0.4, -0.2) is 102 Å². The van der Waals surface area contributed by atoms with Gasteiger partial charge in [-0.15, -0.1) is 0 Å². The summed E-state index contributed by atoms with van der Waals surface area (Å²) in [7, 11) is -2.86. The fourth-order valence-electron chi connectivity index (χ4n) is 12.8. The van der Waals surface area contributed by atoms with Crippen LogP contribution in [0.15, 0.2) is 102 Å². The molecule has 0 bridgehead atoms. The molecular weight excluding hydrogens is 1010 g/mol. The highest BCUT2D eigenvalue weighted by atomic mass is 32.2. The number of hydrogen-bond donors (Lipinski definition) is 4. The quantitative estimate of drug-likeness (QED) is 0.0498. The number of nitro groups is 1. The first kappa shape index (κ1) is 53.4. The molecule has 5 aliphatic rings. The first-order chi connectivity index (χ1) is 37.4. The number of rotatable bonds is 17. The van der Waals surface area contributed by atoms with Crippen LogP contribution in [-0.2, 0) is 16.6 Å². The van der Waals surface area contributed by atoms with Crippen LogP contribution in [0.2, 0.25) is 0 Å². The summed E-state index contributed by atoms with van der Waals surface area (Å²) in [4.78, 5) is 40.0. The molecule has 6 aromatic rings. The molecule has 4 heterocycles. The van der Waals surface area contributed by atoms with Crippen molar-refractivity contribution < 1.29 is 37.1 Å². The number of halogens is 1. The maximum Gasteiger partial charge on any atom is 0.293 e. The van der Waals surface area contributed by atoms with Crippen LogP contribution in [0.3, 0.4) is 0 Å². The molecule has 2 aromatic heterocycles. The summed E-state index contributed by atoms with van der Waals surface area (Å²) in [6.07, 6.45) is 12.0. The molecule has 4 N–H and O–H groups in total. The van der Waals surface area contributed by atoms with Crippen molar-refractivity contribution >= 4 is 44.0 Å². The molecule has 4 aromatic carbocycles. The van der Waals surface area contributed by atoms with Crippen LogP contribution < -0.4 is 24.4 Å². The van der Waals surface area contributed by atoms with Gasteiger partial charge >= 0.3 is 0 Å². The lowest BCUT2D eigenvalue weighted by Gasteiger charge is -2.58. The highest BCUT2D eigenvalue weighted by molar-refractivity contribution is 7.90. The lowest BCUT2D eigenvalue weighted by atomic mass is 9.59. The number of amides is 1. The molecule has 3 saturated carbocycles. The Balaban J connectivity index is 0.782. The molecule has 3 aliphatic carbocycles. The molecule has 1 amide bonds. The number of hydrogen-bond acceptors (Lipinski definition) is 13. The van der Waals surface area contributed by atoms with Gasteiger partial charge in [-0.05, 0) is 153 Å². The molecule has 0 radical (unpaired) electrons. The average Bonchev–Trinajstić information content (AvgIpc) is 4.32. The number of carbonyl (C=O) groups is 1. The van der Waals surface area contributed by atoms with Crippen molar-refractivity contribution in [1.29, 1.82) is 0 Å². The Labute approximate surface area is 455 Å². The van der Waals surface area contributed by atoms with E-state index in [4.69, 9.17) is 9.47 Å². The van der Waals surface area contributed by atoms with Crippen LogP contribution in [0, 0.1) is 27.3 Å². The molecule has 2 saturated heterocycles. The van der Waals surface area contributed by atoms with Gasteiger partial charge in [0, 0.05) is 81.9 Å². The highest BCUT2D eigenvalue weighted by Crippen LogP contribution is 2.54. The van der Waals surface area contributed by atoms with Gasteiger partial charge in [-0.3, -0.25) is 24.7 Å². The predicted octanol–water partition coefficient (Wildman–Crippen LogP) is 11.2. The van der Waals surface area contributed by atoms with Crippen LogP contribution in [0.25, 0.3) is 11.0 Å². The van der Waals surface area contributed by atoms with Crippen LogP contribution in [0.4, 0.5) is 21.5 Å². The van der Waals surface area contributed by atoms with E-state index in [0.29, 0.717) is 42.9 Å². The topological polar surface area (TPSA) is 195 Å². The molecule has 78 heavy (non-hydrogen) atoms. The SMILES string of the molecule is COc1cc(CN2CCN(C3CC4(CCN(c5ccc(C(=O)NS(=O)(=O)c6ccc(NC[C@H]7CC[C@](C)(O)CC7)c([N+](=O)[O-])c6)c(Oc6cnc7[nH]cc(F)c7c6)c5)CC4)C3)C(c3ccccc3C(C)C)C2)ccc1C1CC1. The van der Waals surface area contributed by atoms with Crippen molar-refractivity contribution in [1.82, 2.24) is 24.5 Å². The van der Waals surface area contributed by atoms with Gasteiger partial charge in [-0.25, -0.2) is 22.5 Å². The Kier molecular flexibility index (Phi) is 14.8. The number of nitrogens with zero attached hydrogens (tertiary/aromatic N) is 5. The number of benzene rings is 4. The largest absolute Gasteiger partial charge is 0.496 e. The zero-order chi connectivity index (χ0) is 54.5. The number of aromatic nitrogens is 2. The maximum absolute atomic E-state index is 14.8. The average molecular weight is 1080 g/mol. The number of ether oxygens (including phenoxy) is 2. The number of nitro benzene ring substituents is 1. The van der Waals surface area contributed by atoms with Crippen molar-refractivity contribution in [3.63, 3.8) is 0 Å². The van der Waals surface area contributed by atoms with Crippen molar-refractivity contribution in [3.8, 4) is 17.2 Å². The summed E-state index contributed by atoms with van der Waals surface area (Å²) in [5, 5.41) is 25.9. The predicted molar refractivity (Wildman–Crippen MR) is 299 cm³/mol. The van der Waals surface area contributed by atoms with Crippen LogP contribution in [0.1, 0.15) is 135 Å². The van der Waals surface area contributed by atoms with E-state index in [0.717, 1.165) is 95.3 Å². The third kappa shape index (κ3) is 11.3. The number of sulfonamides is 1. The number of aromatic amines is 1. The standard InChI is InChI=1S/C60H71FN8O8S/c1-38(2)46-7-5-6-8-48(46)54-37-66(36-40-9-14-47(41-10-11-41)55(27-40)76-4)25-26-68(54)43-31-60(32-43)21-23-67(24-22-60)42-12-15-49(56(28-42)77-44-29-50-51(61)35-64-57(50)63-34-44)58(70)65-78(74,75)45-13-16-52(53(30-45)69(72)73)62-33-39-17-19-59(3,71)20-18-39/h5-9,12-16,27-30,34-35,38-39,41,43,54,62,71H,10-11,17-26,31-33,36-37H2,1-4H3,(H,63,64)(H,65,70)/t39-,54?,59-. The van der Waals surface area contributed by atoms with Crippen LogP contribution >= 0.6 is 0 Å². The van der Waals surface area contributed by atoms with E-state index >= 15 is 0 Å².